The van der Waals surface area contributed by atoms with Gasteiger partial charge in [-0.15, -0.1) is 0 Å². The van der Waals surface area contributed by atoms with Crippen molar-refractivity contribution >= 4 is 23.2 Å². The topological polar surface area (TPSA) is 64.7 Å². The highest BCUT2D eigenvalue weighted by atomic mass is 16.2. The van der Waals surface area contributed by atoms with Gasteiger partial charge in [0.25, 0.3) is 0 Å². The Labute approximate surface area is 162 Å². The first-order valence-electron chi connectivity index (χ1n) is 10.2. The highest BCUT2D eigenvalue weighted by Gasteiger charge is 2.56. The van der Waals surface area contributed by atoms with Gasteiger partial charge in [0, 0.05) is 44.1 Å². The SMILES string of the molecule is CCCCCNC(=O)C1(C(=O)Nc2ccc(N3CCN(C)CC3)cc2)CC1. The summed E-state index contributed by atoms with van der Waals surface area (Å²) in [5.41, 5.74) is 1.07. The van der Waals surface area contributed by atoms with Crippen molar-refractivity contribution in [2.24, 2.45) is 5.41 Å². The van der Waals surface area contributed by atoms with E-state index in [9.17, 15) is 9.59 Å². The number of unbranched alkanes of at least 4 members (excludes halogenated alkanes) is 2. The van der Waals surface area contributed by atoms with Crippen molar-refractivity contribution in [2.45, 2.75) is 39.0 Å². The van der Waals surface area contributed by atoms with Crippen molar-refractivity contribution in [3.8, 4) is 0 Å². The van der Waals surface area contributed by atoms with Gasteiger partial charge in [0.05, 0.1) is 0 Å². The van der Waals surface area contributed by atoms with E-state index < -0.39 is 5.41 Å². The zero-order valence-corrected chi connectivity index (χ0v) is 16.6. The average molecular weight is 373 g/mol. The lowest BCUT2D eigenvalue weighted by molar-refractivity contribution is -0.134. The molecule has 0 atom stereocenters. The molecule has 0 bridgehead atoms. The van der Waals surface area contributed by atoms with E-state index in [1.807, 2.05) is 24.3 Å². The molecule has 2 amide bonds. The molecule has 2 aliphatic rings. The van der Waals surface area contributed by atoms with Crippen molar-refractivity contribution in [1.82, 2.24) is 10.2 Å². The van der Waals surface area contributed by atoms with Crippen LogP contribution in [0.15, 0.2) is 24.3 Å². The molecule has 6 nitrogen and oxygen atoms in total. The highest BCUT2D eigenvalue weighted by molar-refractivity contribution is 6.13. The second kappa shape index (κ2) is 8.74. The van der Waals surface area contributed by atoms with Gasteiger partial charge in [0.15, 0.2) is 0 Å². The van der Waals surface area contributed by atoms with E-state index in [1.165, 1.54) is 5.69 Å². The number of hydrogen-bond acceptors (Lipinski definition) is 4. The second-order valence-electron chi connectivity index (χ2n) is 7.84. The lowest BCUT2D eigenvalue weighted by Gasteiger charge is -2.34. The number of piperazine rings is 1. The van der Waals surface area contributed by atoms with Crippen LogP contribution in [0.3, 0.4) is 0 Å². The fraction of sp³-hybridized carbons (Fsp3) is 0.619. The summed E-state index contributed by atoms with van der Waals surface area (Å²) in [6.45, 7) is 6.95. The van der Waals surface area contributed by atoms with Gasteiger partial charge in [-0.05, 0) is 50.6 Å². The smallest absolute Gasteiger partial charge is 0.240 e. The Morgan fingerprint density at radius 1 is 1.00 bits per heavy atom. The van der Waals surface area contributed by atoms with Gasteiger partial charge in [0.1, 0.15) is 5.41 Å². The van der Waals surface area contributed by atoms with E-state index >= 15 is 0 Å². The summed E-state index contributed by atoms with van der Waals surface area (Å²) in [5, 5.41) is 5.87. The normalized spacial score (nSPS) is 18.8. The maximum atomic E-state index is 12.7. The summed E-state index contributed by atoms with van der Waals surface area (Å²) in [7, 11) is 2.14. The molecule has 6 heteroatoms. The fourth-order valence-electron chi connectivity index (χ4n) is 3.50. The number of hydrogen-bond donors (Lipinski definition) is 2. The van der Waals surface area contributed by atoms with Gasteiger partial charge in [0.2, 0.25) is 11.8 Å². The second-order valence-corrected chi connectivity index (χ2v) is 7.84. The first-order valence-corrected chi connectivity index (χ1v) is 10.2. The minimum atomic E-state index is -0.859. The van der Waals surface area contributed by atoms with Gasteiger partial charge in [-0.3, -0.25) is 9.59 Å². The maximum Gasteiger partial charge on any atom is 0.240 e. The fourth-order valence-corrected chi connectivity index (χ4v) is 3.50. The molecule has 1 aromatic carbocycles. The molecule has 1 aliphatic carbocycles. The summed E-state index contributed by atoms with van der Waals surface area (Å²) < 4.78 is 0. The number of nitrogens with one attached hydrogen (secondary N) is 2. The van der Waals surface area contributed by atoms with Crippen LogP contribution in [0, 0.1) is 5.41 Å². The molecule has 2 fully saturated rings. The predicted octanol–water partition coefficient (Wildman–Crippen LogP) is 2.46. The number of rotatable bonds is 8. The molecule has 27 heavy (non-hydrogen) atoms. The molecule has 0 spiro atoms. The summed E-state index contributed by atoms with van der Waals surface area (Å²) in [5.74, 6) is -0.298. The van der Waals surface area contributed by atoms with E-state index in [0.717, 1.165) is 51.1 Å². The summed E-state index contributed by atoms with van der Waals surface area (Å²) >= 11 is 0. The third-order valence-electron chi connectivity index (χ3n) is 5.68. The van der Waals surface area contributed by atoms with Crippen LogP contribution in [-0.4, -0.2) is 56.5 Å². The predicted molar refractivity (Wildman–Crippen MR) is 109 cm³/mol. The van der Waals surface area contributed by atoms with Crippen LogP contribution in [0.25, 0.3) is 0 Å². The minimum absolute atomic E-state index is 0.120. The van der Waals surface area contributed by atoms with Crippen molar-refractivity contribution in [2.75, 3.05) is 50.0 Å². The van der Waals surface area contributed by atoms with Crippen LogP contribution in [-0.2, 0) is 9.59 Å². The van der Waals surface area contributed by atoms with Crippen LogP contribution >= 0.6 is 0 Å². The molecule has 0 radical (unpaired) electrons. The average Bonchev–Trinajstić information content (AvgIpc) is 3.49. The van der Waals surface area contributed by atoms with Gasteiger partial charge in [-0.1, -0.05) is 19.8 Å². The Morgan fingerprint density at radius 2 is 1.67 bits per heavy atom. The Hall–Kier alpha value is -2.08. The summed E-state index contributed by atoms with van der Waals surface area (Å²) in [6.07, 6.45) is 4.45. The Bertz CT molecular complexity index is 647. The van der Waals surface area contributed by atoms with E-state index in [-0.39, 0.29) is 11.8 Å². The molecular weight excluding hydrogens is 340 g/mol. The van der Waals surface area contributed by atoms with Crippen molar-refractivity contribution in [3.63, 3.8) is 0 Å². The third kappa shape index (κ3) is 4.80. The molecule has 1 heterocycles. The van der Waals surface area contributed by atoms with Crippen LogP contribution in [0.5, 0.6) is 0 Å². The van der Waals surface area contributed by atoms with Crippen molar-refractivity contribution in [3.05, 3.63) is 24.3 Å². The van der Waals surface area contributed by atoms with Crippen LogP contribution in [0.1, 0.15) is 39.0 Å². The van der Waals surface area contributed by atoms with E-state index in [0.29, 0.717) is 19.4 Å². The molecule has 1 aromatic rings. The Kier molecular flexibility index (Phi) is 6.37. The van der Waals surface area contributed by atoms with Gasteiger partial charge < -0.3 is 20.4 Å². The van der Waals surface area contributed by atoms with Crippen LogP contribution < -0.4 is 15.5 Å². The van der Waals surface area contributed by atoms with E-state index in [4.69, 9.17) is 0 Å². The Morgan fingerprint density at radius 3 is 2.26 bits per heavy atom. The molecule has 0 aromatic heterocycles. The Balaban J connectivity index is 1.52. The summed E-state index contributed by atoms with van der Waals surface area (Å²) in [6, 6.07) is 7.96. The molecule has 0 unspecified atom stereocenters. The first-order chi connectivity index (χ1) is 13.0. The first kappa shape index (κ1) is 19.7. The lowest BCUT2D eigenvalue weighted by atomic mass is 10.0. The van der Waals surface area contributed by atoms with Gasteiger partial charge in [-0.25, -0.2) is 0 Å². The largest absolute Gasteiger partial charge is 0.369 e. The molecular formula is C21H32N4O2. The number of carbonyl (C=O) groups is 2. The van der Waals surface area contributed by atoms with E-state index in [1.54, 1.807) is 0 Å². The third-order valence-corrected chi connectivity index (χ3v) is 5.68. The number of nitrogens with zero attached hydrogens (tertiary/aromatic N) is 2. The molecule has 1 saturated heterocycles. The van der Waals surface area contributed by atoms with Gasteiger partial charge in [-0.2, -0.15) is 0 Å². The van der Waals surface area contributed by atoms with Gasteiger partial charge >= 0.3 is 0 Å². The molecule has 2 N–H and O–H groups in total. The van der Waals surface area contributed by atoms with Crippen LogP contribution in [0.4, 0.5) is 11.4 Å². The van der Waals surface area contributed by atoms with E-state index in [2.05, 4.69) is 34.4 Å². The standard InChI is InChI=1S/C21H32N4O2/c1-3-4-5-12-22-19(26)21(10-11-21)20(27)23-17-6-8-18(9-7-17)25-15-13-24(2)14-16-25/h6-9H,3-5,10-16H2,1-2H3,(H,22,26)(H,23,27). The number of amides is 2. The summed E-state index contributed by atoms with van der Waals surface area (Å²) in [4.78, 5) is 29.8. The highest BCUT2D eigenvalue weighted by Crippen LogP contribution is 2.46. The van der Waals surface area contributed by atoms with Crippen LogP contribution in [0.2, 0.25) is 0 Å². The monoisotopic (exact) mass is 372 g/mol. The molecule has 3 rings (SSSR count). The van der Waals surface area contributed by atoms with Crippen molar-refractivity contribution in [1.29, 1.82) is 0 Å². The number of benzene rings is 1. The quantitative estimate of drug-likeness (QED) is 0.543. The minimum Gasteiger partial charge on any atom is -0.369 e. The number of carbonyl (C=O) groups excluding carboxylic acids is 2. The number of anilines is 2. The number of likely N-dealkylation sites (N-methyl/N-ethyl adjacent to an activating group) is 1. The molecule has 1 saturated carbocycles. The zero-order valence-electron chi connectivity index (χ0n) is 16.6. The zero-order chi connectivity index (χ0) is 19.3. The molecule has 1 aliphatic heterocycles. The molecule has 148 valence electrons. The van der Waals surface area contributed by atoms with Crippen molar-refractivity contribution < 1.29 is 9.59 Å². The lowest BCUT2D eigenvalue weighted by Crippen LogP contribution is -2.44. The maximum absolute atomic E-state index is 12.7.